The average Bonchev–Trinajstić information content (AvgIpc) is 2.50. The monoisotopic (exact) mass is 288 g/mol. The van der Waals surface area contributed by atoms with E-state index in [1.807, 2.05) is 4.90 Å². The second-order valence-corrected chi connectivity index (χ2v) is 5.51. The van der Waals surface area contributed by atoms with Crippen molar-refractivity contribution in [3.8, 4) is 11.8 Å². The molecular formula is C16H20N2O3. The largest absolute Gasteiger partial charge is 0.492 e. The van der Waals surface area contributed by atoms with Crippen LogP contribution in [0.5, 0.6) is 5.75 Å². The second kappa shape index (κ2) is 6.59. The van der Waals surface area contributed by atoms with Crippen LogP contribution in [-0.2, 0) is 4.79 Å². The van der Waals surface area contributed by atoms with Gasteiger partial charge in [-0.2, -0.15) is 5.26 Å². The van der Waals surface area contributed by atoms with Gasteiger partial charge in [0.05, 0.1) is 11.6 Å². The Hall–Kier alpha value is -2.06. The van der Waals surface area contributed by atoms with Crippen LogP contribution in [0.2, 0.25) is 0 Å². The molecular weight excluding hydrogens is 268 g/mol. The third-order valence-corrected chi connectivity index (χ3v) is 4.11. The summed E-state index contributed by atoms with van der Waals surface area (Å²) >= 11 is 0. The topological polar surface area (TPSA) is 73.6 Å². The van der Waals surface area contributed by atoms with Crippen molar-refractivity contribution in [1.29, 1.82) is 5.26 Å². The molecule has 0 aliphatic carbocycles. The lowest BCUT2D eigenvalue weighted by Crippen LogP contribution is -2.56. The Kier molecular flexibility index (Phi) is 4.81. The molecule has 1 N–H and O–H groups in total. The van der Waals surface area contributed by atoms with E-state index < -0.39 is 11.5 Å². The molecule has 1 atom stereocenters. The normalized spacial score (nSPS) is 22.5. The third-order valence-electron chi connectivity index (χ3n) is 4.11. The van der Waals surface area contributed by atoms with Gasteiger partial charge in [0.2, 0.25) is 0 Å². The first-order valence-corrected chi connectivity index (χ1v) is 7.18. The molecule has 112 valence electrons. The van der Waals surface area contributed by atoms with Gasteiger partial charge >= 0.3 is 5.97 Å². The predicted octanol–water partition coefficient (Wildman–Crippen LogP) is 2.27. The van der Waals surface area contributed by atoms with Crippen LogP contribution in [0, 0.1) is 11.3 Å². The molecule has 0 aromatic heterocycles. The highest BCUT2D eigenvalue weighted by Gasteiger charge is 2.40. The molecule has 0 bridgehead atoms. The van der Waals surface area contributed by atoms with Crippen molar-refractivity contribution < 1.29 is 14.6 Å². The zero-order chi connectivity index (χ0) is 15.3. The first-order chi connectivity index (χ1) is 10.1. The van der Waals surface area contributed by atoms with Crippen molar-refractivity contribution in [3.63, 3.8) is 0 Å². The van der Waals surface area contributed by atoms with Crippen molar-refractivity contribution >= 4 is 5.97 Å². The fourth-order valence-electron chi connectivity index (χ4n) is 2.68. The van der Waals surface area contributed by atoms with Gasteiger partial charge in [-0.05, 0) is 57.0 Å². The van der Waals surface area contributed by atoms with E-state index in [1.165, 1.54) is 0 Å². The van der Waals surface area contributed by atoms with E-state index in [4.69, 9.17) is 10.00 Å². The van der Waals surface area contributed by atoms with Gasteiger partial charge in [-0.3, -0.25) is 9.69 Å². The minimum absolute atomic E-state index is 0.439. The van der Waals surface area contributed by atoms with Crippen LogP contribution in [0.1, 0.15) is 31.7 Å². The first kappa shape index (κ1) is 15.3. The molecule has 5 heteroatoms. The van der Waals surface area contributed by atoms with Crippen molar-refractivity contribution in [2.24, 2.45) is 0 Å². The number of nitriles is 1. The zero-order valence-corrected chi connectivity index (χ0v) is 12.2. The molecule has 0 saturated carbocycles. The third kappa shape index (κ3) is 3.53. The molecule has 1 aliphatic rings. The van der Waals surface area contributed by atoms with Crippen molar-refractivity contribution in [2.75, 3.05) is 19.7 Å². The minimum Gasteiger partial charge on any atom is -0.492 e. The number of hydrogen-bond acceptors (Lipinski definition) is 4. The van der Waals surface area contributed by atoms with Crippen LogP contribution in [0.3, 0.4) is 0 Å². The fraction of sp³-hybridized carbons (Fsp3) is 0.500. The van der Waals surface area contributed by atoms with Crippen LogP contribution >= 0.6 is 0 Å². The molecule has 1 heterocycles. The number of rotatable bonds is 5. The molecule has 5 nitrogen and oxygen atoms in total. The standard InChI is InChI=1S/C16H20N2O3/c1-16(15(19)20)8-2-3-9-18(16)10-11-21-14-6-4-13(12-17)5-7-14/h4-7H,2-3,8-11H2,1H3,(H,19,20). The summed E-state index contributed by atoms with van der Waals surface area (Å²) in [5.74, 6) is -0.0661. The Balaban J connectivity index is 1.89. The van der Waals surface area contributed by atoms with Crippen LogP contribution < -0.4 is 4.74 Å². The summed E-state index contributed by atoms with van der Waals surface area (Å²) in [6, 6.07) is 8.98. The van der Waals surface area contributed by atoms with Gasteiger partial charge < -0.3 is 9.84 Å². The van der Waals surface area contributed by atoms with Crippen molar-refractivity contribution in [3.05, 3.63) is 29.8 Å². The highest BCUT2D eigenvalue weighted by Crippen LogP contribution is 2.27. The van der Waals surface area contributed by atoms with E-state index in [9.17, 15) is 9.90 Å². The van der Waals surface area contributed by atoms with Crippen LogP contribution in [0.25, 0.3) is 0 Å². The molecule has 0 amide bonds. The number of benzene rings is 1. The van der Waals surface area contributed by atoms with Gasteiger partial charge in [-0.25, -0.2) is 0 Å². The van der Waals surface area contributed by atoms with Gasteiger partial charge in [-0.1, -0.05) is 0 Å². The number of piperidine rings is 1. The summed E-state index contributed by atoms with van der Waals surface area (Å²) in [5.41, 5.74) is -0.191. The Labute approximate surface area is 124 Å². The summed E-state index contributed by atoms with van der Waals surface area (Å²) in [7, 11) is 0. The number of hydrogen-bond donors (Lipinski definition) is 1. The number of carbonyl (C=O) groups is 1. The van der Waals surface area contributed by atoms with E-state index in [0.717, 1.165) is 19.4 Å². The Bertz CT molecular complexity index is 535. The quantitative estimate of drug-likeness (QED) is 0.899. The highest BCUT2D eigenvalue weighted by atomic mass is 16.5. The molecule has 2 rings (SSSR count). The summed E-state index contributed by atoms with van der Waals surface area (Å²) < 4.78 is 5.64. The number of carboxylic acid groups (broad SMARTS) is 1. The van der Waals surface area contributed by atoms with Crippen molar-refractivity contribution in [1.82, 2.24) is 4.90 Å². The summed E-state index contributed by atoms with van der Waals surface area (Å²) in [6.45, 7) is 3.60. The van der Waals surface area contributed by atoms with Crippen molar-refractivity contribution in [2.45, 2.75) is 31.7 Å². The zero-order valence-electron chi connectivity index (χ0n) is 12.2. The molecule has 1 unspecified atom stereocenters. The molecule has 1 saturated heterocycles. The number of ether oxygens (including phenoxy) is 1. The minimum atomic E-state index is -0.785. The maximum atomic E-state index is 11.5. The van der Waals surface area contributed by atoms with Gasteiger partial charge in [0.25, 0.3) is 0 Å². The molecule has 1 aromatic rings. The van der Waals surface area contributed by atoms with Gasteiger partial charge in [-0.15, -0.1) is 0 Å². The lowest BCUT2D eigenvalue weighted by molar-refractivity contribution is -0.153. The first-order valence-electron chi connectivity index (χ1n) is 7.18. The van der Waals surface area contributed by atoms with Gasteiger partial charge in [0.15, 0.2) is 0 Å². The lowest BCUT2D eigenvalue weighted by Gasteiger charge is -2.41. The van der Waals surface area contributed by atoms with E-state index >= 15 is 0 Å². The maximum absolute atomic E-state index is 11.5. The average molecular weight is 288 g/mol. The smallest absolute Gasteiger partial charge is 0.323 e. The highest BCUT2D eigenvalue weighted by molar-refractivity contribution is 5.78. The summed E-state index contributed by atoms with van der Waals surface area (Å²) in [5, 5.41) is 18.2. The molecule has 1 fully saturated rings. The number of likely N-dealkylation sites (tertiary alicyclic amines) is 1. The molecule has 0 spiro atoms. The van der Waals surface area contributed by atoms with E-state index in [2.05, 4.69) is 6.07 Å². The number of aliphatic carboxylic acids is 1. The van der Waals surface area contributed by atoms with Gasteiger partial charge in [0.1, 0.15) is 17.9 Å². The van der Waals surface area contributed by atoms with Crippen LogP contribution in [0.4, 0.5) is 0 Å². The molecule has 21 heavy (non-hydrogen) atoms. The van der Waals surface area contributed by atoms with Crippen LogP contribution in [0.15, 0.2) is 24.3 Å². The van der Waals surface area contributed by atoms with E-state index in [0.29, 0.717) is 30.9 Å². The number of nitrogens with zero attached hydrogens (tertiary/aromatic N) is 2. The van der Waals surface area contributed by atoms with E-state index in [1.54, 1.807) is 31.2 Å². The second-order valence-electron chi connectivity index (χ2n) is 5.51. The Morgan fingerprint density at radius 3 is 2.76 bits per heavy atom. The number of carboxylic acids is 1. The summed E-state index contributed by atoms with van der Waals surface area (Å²) in [6.07, 6.45) is 2.66. The maximum Gasteiger partial charge on any atom is 0.323 e. The lowest BCUT2D eigenvalue weighted by atomic mass is 9.88. The Morgan fingerprint density at radius 2 is 2.14 bits per heavy atom. The van der Waals surface area contributed by atoms with Gasteiger partial charge in [0, 0.05) is 6.54 Å². The molecule has 1 aliphatic heterocycles. The van der Waals surface area contributed by atoms with Crippen LogP contribution in [-0.4, -0.2) is 41.2 Å². The van der Waals surface area contributed by atoms with E-state index in [-0.39, 0.29) is 0 Å². The predicted molar refractivity (Wildman–Crippen MR) is 78.1 cm³/mol. The summed E-state index contributed by atoms with van der Waals surface area (Å²) in [4.78, 5) is 13.5. The molecule has 0 radical (unpaired) electrons. The molecule has 1 aromatic carbocycles. The fourth-order valence-corrected chi connectivity index (χ4v) is 2.68. The Morgan fingerprint density at radius 1 is 1.43 bits per heavy atom. The SMILES string of the molecule is CC1(C(=O)O)CCCCN1CCOc1ccc(C#N)cc1.